The molecule has 0 bridgehead atoms. The molecule has 0 aliphatic carbocycles. The van der Waals surface area contributed by atoms with E-state index in [2.05, 4.69) is 5.32 Å². The van der Waals surface area contributed by atoms with E-state index in [-0.39, 0.29) is 11.7 Å². The van der Waals surface area contributed by atoms with E-state index in [4.69, 9.17) is 23.2 Å². The summed E-state index contributed by atoms with van der Waals surface area (Å²) in [4.78, 5) is 0. The lowest BCUT2D eigenvalue weighted by Gasteiger charge is -2.19. The van der Waals surface area contributed by atoms with Crippen LogP contribution < -0.4 is 5.32 Å². The van der Waals surface area contributed by atoms with E-state index in [1.165, 1.54) is 6.07 Å². The number of hydrogen-bond acceptors (Lipinski definition) is 1. The smallest absolute Gasteiger partial charge is 0.126 e. The van der Waals surface area contributed by atoms with Crippen LogP contribution in [-0.4, -0.2) is 13.1 Å². The van der Waals surface area contributed by atoms with E-state index >= 15 is 0 Å². The van der Waals surface area contributed by atoms with Gasteiger partial charge in [0.2, 0.25) is 0 Å². The summed E-state index contributed by atoms with van der Waals surface area (Å²) in [6, 6.07) is 12.5. The average Bonchev–Trinajstić information content (AvgIpc) is 2.48. The number of hydrogen-bond donors (Lipinski definition) is 1. The predicted molar refractivity (Wildman–Crippen MR) is 87.9 cm³/mol. The third kappa shape index (κ3) is 4.19. The number of halogens is 3. The van der Waals surface area contributed by atoms with E-state index < -0.39 is 0 Å². The molecule has 0 amide bonds. The summed E-state index contributed by atoms with van der Waals surface area (Å²) in [6.07, 6.45) is 0.646. The number of likely N-dealkylation sites (N-methyl/N-ethyl adjacent to an activating group) is 1. The lowest BCUT2D eigenvalue weighted by molar-refractivity contribution is 0.544. The molecule has 0 aromatic heterocycles. The molecule has 0 radical (unpaired) electrons. The molecule has 0 saturated heterocycles. The van der Waals surface area contributed by atoms with Crippen molar-refractivity contribution < 1.29 is 4.39 Å². The molecule has 1 unspecified atom stereocenters. The highest BCUT2D eigenvalue weighted by Crippen LogP contribution is 2.30. The third-order valence-corrected chi connectivity index (χ3v) is 4.34. The predicted octanol–water partition coefficient (Wildman–Crippen LogP) is 5.07. The Morgan fingerprint density at radius 2 is 1.86 bits per heavy atom. The van der Waals surface area contributed by atoms with Crippen molar-refractivity contribution >= 4 is 23.2 Å². The lowest BCUT2D eigenvalue weighted by atomic mass is 9.91. The fraction of sp³-hybridized carbons (Fsp3) is 0.294. The Morgan fingerprint density at radius 1 is 1.10 bits per heavy atom. The summed E-state index contributed by atoms with van der Waals surface area (Å²) in [5, 5.41) is 4.37. The standard InChI is InChI=1S/C17H18Cl2FN/c1-2-21-11-13(14-7-3-4-9-16(14)20)10-12-6-5-8-15(18)17(12)19/h3-9,13,21H,2,10-11H2,1H3. The van der Waals surface area contributed by atoms with Gasteiger partial charge >= 0.3 is 0 Å². The molecule has 1 atom stereocenters. The normalized spacial score (nSPS) is 12.4. The van der Waals surface area contributed by atoms with Crippen LogP contribution in [0, 0.1) is 5.82 Å². The molecule has 0 saturated carbocycles. The Kier molecular flexibility index (Phi) is 6.04. The number of rotatable bonds is 6. The third-order valence-electron chi connectivity index (χ3n) is 3.48. The zero-order valence-corrected chi connectivity index (χ0v) is 13.4. The zero-order valence-electron chi connectivity index (χ0n) is 11.9. The van der Waals surface area contributed by atoms with Crippen LogP contribution in [0.2, 0.25) is 10.0 Å². The highest BCUT2D eigenvalue weighted by Gasteiger charge is 2.17. The first-order valence-corrected chi connectivity index (χ1v) is 7.77. The minimum atomic E-state index is -0.182. The van der Waals surface area contributed by atoms with E-state index in [1.807, 2.05) is 31.2 Å². The molecule has 0 fully saturated rings. The first kappa shape index (κ1) is 16.3. The van der Waals surface area contributed by atoms with Crippen LogP contribution in [0.4, 0.5) is 4.39 Å². The maximum Gasteiger partial charge on any atom is 0.126 e. The molecule has 1 N–H and O–H groups in total. The summed E-state index contributed by atoms with van der Waals surface area (Å²) in [7, 11) is 0. The summed E-state index contributed by atoms with van der Waals surface area (Å²) < 4.78 is 14.1. The fourth-order valence-corrected chi connectivity index (χ4v) is 2.79. The molecule has 0 aliphatic heterocycles. The number of nitrogens with one attached hydrogen (secondary N) is 1. The Hall–Kier alpha value is -1.09. The molecule has 0 heterocycles. The highest BCUT2D eigenvalue weighted by atomic mass is 35.5. The quantitative estimate of drug-likeness (QED) is 0.782. The molecule has 4 heteroatoms. The Morgan fingerprint density at radius 3 is 2.57 bits per heavy atom. The van der Waals surface area contributed by atoms with Gasteiger partial charge in [0.15, 0.2) is 0 Å². The van der Waals surface area contributed by atoms with E-state index in [0.29, 0.717) is 28.6 Å². The summed E-state index contributed by atoms with van der Waals surface area (Å²) in [5.41, 5.74) is 1.64. The molecule has 2 rings (SSSR count). The summed E-state index contributed by atoms with van der Waals surface area (Å²) in [6.45, 7) is 3.57. The van der Waals surface area contributed by atoms with Crippen molar-refractivity contribution in [1.82, 2.24) is 5.32 Å². The van der Waals surface area contributed by atoms with Gasteiger partial charge in [-0.15, -0.1) is 0 Å². The maximum absolute atomic E-state index is 14.1. The summed E-state index contributed by atoms with van der Waals surface area (Å²) in [5.74, 6) is -0.166. The summed E-state index contributed by atoms with van der Waals surface area (Å²) >= 11 is 12.3. The fourth-order valence-electron chi connectivity index (χ4n) is 2.39. The monoisotopic (exact) mass is 325 g/mol. The van der Waals surface area contributed by atoms with Crippen LogP contribution in [0.15, 0.2) is 42.5 Å². The van der Waals surface area contributed by atoms with Gasteiger partial charge in [0.1, 0.15) is 5.82 Å². The second kappa shape index (κ2) is 7.79. The first-order chi connectivity index (χ1) is 10.1. The van der Waals surface area contributed by atoms with Gasteiger partial charge in [0.05, 0.1) is 10.0 Å². The maximum atomic E-state index is 14.1. The van der Waals surface area contributed by atoms with Gasteiger partial charge in [0.25, 0.3) is 0 Å². The van der Waals surface area contributed by atoms with Crippen molar-refractivity contribution in [2.24, 2.45) is 0 Å². The van der Waals surface area contributed by atoms with E-state index in [1.54, 1.807) is 12.1 Å². The first-order valence-electron chi connectivity index (χ1n) is 7.01. The highest BCUT2D eigenvalue weighted by molar-refractivity contribution is 6.42. The Balaban J connectivity index is 2.28. The number of benzene rings is 2. The van der Waals surface area contributed by atoms with Crippen LogP contribution in [0.5, 0.6) is 0 Å². The molecule has 1 nitrogen and oxygen atoms in total. The van der Waals surface area contributed by atoms with E-state index in [0.717, 1.165) is 12.1 Å². The van der Waals surface area contributed by atoms with Gasteiger partial charge in [-0.1, -0.05) is 60.5 Å². The van der Waals surface area contributed by atoms with Gasteiger partial charge in [-0.3, -0.25) is 0 Å². The average molecular weight is 326 g/mol. The molecular formula is C17H18Cl2FN. The lowest BCUT2D eigenvalue weighted by Crippen LogP contribution is -2.23. The molecule has 0 aliphatic rings. The van der Waals surface area contributed by atoms with Gasteiger partial charge in [-0.05, 0) is 36.2 Å². The molecule has 2 aromatic carbocycles. The van der Waals surface area contributed by atoms with Gasteiger partial charge in [0, 0.05) is 12.5 Å². The van der Waals surface area contributed by atoms with Crippen molar-refractivity contribution in [3.63, 3.8) is 0 Å². The zero-order chi connectivity index (χ0) is 15.2. The van der Waals surface area contributed by atoms with Crippen molar-refractivity contribution in [2.45, 2.75) is 19.3 Å². The van der Waals surface area contributed by atoms with Crippen LogP contribution in [0.3, 0.4) is 0 Å². The van der Waals surface area contributed by atoms with Crippen LogP contribution in [0.1, 0.15) is 24.0 Å². The SMILES string of the molecule is CCNCC(Cc1cccc(Cl)c1Cl)c1ccccc1F. The minimum Gasteiger partial charge on any atom is -0.316 e. The van der Waals surface area contributed by atoms with Crippen molar-refractivity contribution in [1.29, 1.82) is 0 Å². The Labute approximate surface area is 135 Å². The molecule has 112 valence electrons. The molecule has 0 spiro atoms. The second-order valence-corrected chi connectivity index (χ2v) is 5.73. The topological polar surface area (TPSA) is 12.0 Å². The minimum absolute atomic E-state index is 0.0158. The Bertz CT molecular complexity index is 601. The van der Waals surface area contributed by atoms with Crippen molar-refractivity contribution in [3.05, 3.63) is 69.5 Å². The van der Waals surface area contributed by atoms with Gasteiger partial charge in [-0.2, -0.15) is 0 Å². The van der Waals surface area contributed by atoms with Crippen molar-refractivity contribution in [2.75, 3.05) is 13.1 Å². The molecular weight excluding hydrogens is 308 g/mol. The van der Waals surface area contributed by atoms with Gasteiger partial charge in [-0.25, -0.2) is 4.39 Å². The largest absolute Gasteiger partial charge is 0.316 e. The molecule has 21 heavy (non-hydrogen) atoms. The second-order valence-electron chi connectivity index (χ2n) is 4.94. The van der Waals surface area contributed by atoms with Crippen molar-refractivity contribution in [3.8, 4) is 0 Å². The van der Waals surface area contributed by atoms with Crippen LogP contribution in [0.25, 0.3) is 0 Å². The van der Waals surface area contributed by atoms with Gasteiger partial charge < -0.3 is 5.32 Å². The molecule has 2 aromatic rings. The van der Waals surface area contributed by atoms with Crippen LogP contribution in [-0.2, 0) is 6.42 Å². The van der Waals surface area contributed by atoms with E-state index in [9.17, 15) is 4.39 Å². The van der Waals surface area contributed by atoms with Crippen LogP contribution >= 0.6 is 23.2 Å².